The third-order valence-corrected chi connectivity index (χ3v) is 5.23. The number of benzene rings is 1. The van der Waals surface area contributed by atoms with Gasteiger partial charge in [-0.05, 0) is 24.1 Å². The minimum atomic E-state index is 0.0122. The van der Waals surface area contributed by atoms with E-state index in [0.717, 1.165) is 5.56 Å². The lowest BCUT2D eigenvalue weighted by Crippen LogP contribution is -2.28. The van der Waals surface area contributed by atoms with Crippen molar-refractivity contribution in [1.82, 2.24) is 19.5 Å². The molecule has 1 aromatic carbocycles. The molecule has 2 aromatic heterocycles. The molecule has 5 nitrogen and oxygen atoms in total. The van der Waals surface area contributed by atoms with E-state index < -0.39 is 0 Å². The van der Waals surface area contributed by atoms with E-state index in [4.69, 9.17) is 23.2 Å². The highest BCUT2D eigenvalue weighted by molar-refractivity contribution is 7.99. The fourth-order valence-corrected chi connectivity index (χ4v) is 3.73. The Hall–Kier alpha value is -1.76. The van der Waals surface area contributed by atoms with Gasteiger partial charge in [-0.2, -0.15) is 0 Å². The van der Waals surface area contributed by atoms with Crippen LogP contribution in [-0.2, 0) is 11.3 Å². The number of amides is 1. The van der Waals surface area contributed by atoms with E-state index in [2.05, 4.69) is 10.2 Å². The maximum absolute atomic E-state index is 12.4. The predicted octanol–water partition coefficient (Wildman–Crippen LogP) is 4.10. The first-order chi connectivity index (χ1) is 12.0. The molecule has 0 N–H and O–H groups in total. The third-order valence-electron chi connectivity index (χ3n) is 3.81. The van der Waals surface area contributed by atoms with Crippen LogP contribution in [0.5, 0.6) is 0 Å². The summed E-state index contributed by atoms with van der Waals surface area (Å²) in [5, 5.41) is 9.62. The summed E-state index contributed by atoms with van der Waals surface area (Å²) in [7, 11) is 1.80. The van der Waals surface area contributed by atoms with E-state index in [0.29, 0.717) is 27.4 Å². The summed E-state index contributed by atoms with van der Waals surface area (Å²) in [4.78, 5) is 14.1. The van der Waals surface area contributed by atoms with Crippen molar-refractivity contribution < 1.29 is 4.79 Å². The van der Waals surface area contributed by atoms with Gasteiger partial charge < -0.3 is 4.90 Å². The van der Waals surface area contributed by atoms with Crippen LogP contribution in [0.3, 0.4) is 0 Å². The smallest absolute Gasteiger partial charge is 0.233 e. The van der Waals surface area contributed by atoms with Crippen molar-refractivity contribution in [3.05, 3.63) is 57.7 Å². The Bertz CT molecular complexity index is 928. The van der Waals surface area contributed by atoms with Crippen molar-refractivity contribution in [1.29, 1.82) is 0 Å². The van der Waals surface area contributed by atoms with Gasteiger partial charge in [-0.25, -0.2) is 0 Å². The number of aryl methyl sites for hydroxylation is 1. The summed E-state index contributed by atoms with van der Waals surface area (Å²) in [5.41, 5.74) is 2.83. The second-order valence-electron chi connectivity index (χ2n) is 5.65. The minimum Gasteiger partial charge on any atom is -0.341 e. The number of carbonyl (C=O) groups is 1. The van der Waals surface area contributed by atoms with Gasteiger partial charge in [0.2, 0.25) is 5.91 Å². The molecule has 0 aliphatic carbocycles. The van der Waals surface area contributed by atoms with Crippen molar-refractivity contribution in [2.75, 3.05) is 12.8 Å². The standard InChI is InChI=1S/C17H16Cl2N4OS/c1-11-5-3-4-6-12(11)8-22(2)15(24)10-25-17-21-20-16-14(19)7-13(18)9-23(16)17/h3-7,9H,8,10H2,1-2H3. The molecule has 3 aromatic rings. The molecule has 1 amide bonds. The Balaban J connectivity index is 1.67. The molecule has 0 atom stereocenters. The van der Waals surface area contributed by atoms with Crippen LogP contribution >= 0.6 is 35.0 Å². The third kappa shape index (κ3) is 4.08. The number of nitrogens with zero attached hydrogens (tertiary/aromatic N) is 4. The molecule has 0 aliphatic heterocycles. The molecule has 130 valence electrons. The number of pyridine rings is 1. The lowest BCUT2D eigenvalue weighted by atomic mass is 10.1. The van der Waals surface area contributed by atoms with Gasteiger partial charge in [0.25, 0.3) is 0 Å². The zero-order valence-electron chi connectivity index (χ0n) is 13.7. The molecule has 0 saturated heterocycles. The van der Waals surface area contributed by atoms with Crippen molar-refractivity contribution in [2.24, 2.45) is 0 Å². The highest BCUT2D eigenvalue weighted by Gasteiger charge is 2.15. The van der Waals surface area contributed by atoms with Gasteiger partial charge in [-0.3, -0.25) is 9.20 Å². The van der Waals surface area contributed by atoms with E-state index in [1.54, 1.807) is 28.6 Å². The van der Waals surface area contributed by atoms with E-state index >= 15 is 0 Å². The Morgan fingerprint density at radius 1 is 1.28 bits per heavy atom. The molecule has 0 fully saturated rings. The molecule has 3 rings (SSSR count). The summed E-state index contributed by atoms with van der Waals surface area (Å²) in [6, 6.07) is 9.65. The largest absolute Gasteiger partial charge is 0.341 e. The molecule has 8 heteroatoms. The van der Waals surface area contributed by atoms with Gasteiger partial charge in [0.1, 0.15) is 0 Å². The van der Waals surface area contributed by atoms with Gasteiger partial charge >= 0.3 is 0 Å². The van der Waals surface area contributed by atoms with Gasteiger partial charge in [-0.1, -0.05) is 59.2 Å². The van der Waals surface area contributed by atoms with Gasteiger partial charge in [0.15, 0.2) is 10.8 Å². The summed E-state index contributed by atoms with van der Waals surface area (Å²) < 4.78 is 1.70. The first-order valence-electron chi connectivity index (χ1n) is 7.57. The average Bonchev–Trinajstić information content (AvgIpc) is 2.98. The van der Waals surface area contributed by atoms with Crippen LogP contribution in [0.25, 0.3) is 5.65 Å². The lowest BCUT2D eigenvalue weighted by molar-refractivity contribution is -0.127. The second-order valence-corrected chi connectivity index (χ2v) is 7.43. The first-order valence-corrected chi connectivity index (χ1v) is 9.31. The monoisotopic (exact) mass is 394 g/mol. The zero-order valence-corrected chi connectivity index (χ0v) is 16.1. The number of halogens is 2. The number of hydrogen-bond donors (Lipinski definition) is 0. The number of hydrogen-bond acceptors (Lipinski definition) is 4. The van der Waals surface area contributed by atoms with E-state index in [1.807, 2.05) is 31.2 Å². The van der Waals surface area contributed by atoms with Crippen molar-refractivity contribution >= 4 is 46.5 Å². The van der Waals surface area contributed by atoms with Crippen LogP contribution < -0.4 is 0 Å². The Morgan fingerprint density at radius 3 is 2.80 bits per heavy atom. The number of thioether (sulfide) groups is 1. The minimum absolute atomic E-state index is 0.0122. The number of aromatic nitrogens is 3. The number of fused-ring (bicyclic) bond motifs is 1. The molecular weight excluding hydrogens is 379 g/mol. The molecule has 0 saturated carbocycles. The average molecular weight is 395 g/mol. The van der Waals surface area contributed by atoms with E-state index in [1.165, 1.54) is 17.3 Å². The molecule has 2 heterocycles. The van der Waals surface area contributed by atoms with Gasteiger partial charge in [-0.15, -0.1) is 10.2 Å². The highest BCUT2D eigenvalue weighted by atomic mass is 35.5. The summed E-state index contributed by atoms with van der Waals surface area (Å²) in [6.45, 7) is 2.61. The molecule has 0 bridgehead atoms. The fourth-order valence-electron chi connectivity index (χ4n) is 2.37. The van der Waals surface area contributed by atoms with Crippen molar-refractivity contribution in [3.63, 3.8) is 0 Å². The summed E-state index contributed by atoms with van der Waals surface area (Å²) in [5.74, 6) is 0.269. The number of carbonyl (C=O) groups excluding carboxylic acids is 1. The normalized spacial score (nSPS) is 11.0. The molecule has 0 aliphatic rings. The SMILES string of the molecule is Cc1ccccc1CN(C)C(=O)CSc1nnc2c(Cl)cc(Cl)cn12. The van der Waals surface area contributed by atoms with E-state index in [9.17, 15) is 4.79 Å². The van der Waals surface area contributed by atoms with Crippen LogP contribution in [0.15, 0.2) is 41.7 Å². The van der Waals surface area contributed by atoms with Crippen molar-refractivity contribution in [2.45, 2.75) is 18.6 Å². The maximum Gasteiger partial charge on any atom is 0.233 e. The number of rotatable bonds is 5. The van der Waals surface area contributed by atoms with E-state index in [-0.39, 0.29) is 11.7 Å². The summed E-state index contributed by atoms with van der Waals surface area (Å²) in [6.07, 6.45) is 1.69. The lowest BCUT2D eigenvalue weighted by Gasteiger charge is -2.18. The molecule has 0 unspecified atom stereocenters. The van der Waals surface area contributed by atoms with Crippen LogP contribution in [0.4, 0.5) is 0 Å². The molecule has 25 heavy (non-hydrogen) atoms. The predicted molar refractivity (Wildman–Crippen MR) is 101 cm³/mol. The van der Waals surface area contributed by atoms with Crippen LogP contribution in [0.1, 0.15) is 11.1 Å². The van der Waals surface area contributed by atoms with Crippen LogP contribution in [-0.4, -0.2) is 38.2 Å². The topological polar surface area (TPSA) is 50.5 Å². The maximum atomic E-state index is 12.4. The van der Waals surface area contributed by atoms with Crippen LogP contribution in [0.2, 0.25) is 10.0 Å². The zero-order chi connectivity index (χ0) is 18.0. The summed E-state index contributed by atoms with van der Waals surface area (Å²) >= 11 is 13.4. The van der Waals surface area contributed by atoms with Crippen LogP contribution in [0, 0.1) is 6.92 Å². The quantitative estimate of drug-likeness (QED) is 0.611. The van der Waals surface area contributed by atoms with Crippen molar-refractivity contribution in [3.8, 4) is 0 Å². The van der Waals surface area contributed by atoms with Gasteiger partial charge in [0, 0.05) is 19.8 Å². The van der Waals surface area contributed by atoms with Gasteiger partial charge in [0.05, 0.1) is 15.8 Å². The Labute approximate surface area is 159 Å². The molecule has 0 radical (unpaired) electrons. The first kappa shape index (κ1) is 18.0. The Morgan fingerprint density at radius 2 is 2.04 bits per heavy atom. The fraction of sp³-hybridized carbons (Fsp3) is 0.235. The highest BCUT2D eigenvalue weighted by Crippen LogP contribution is 2.25. The molecular formula is C17H16Cl2N4OS. The Kier molecular flexibility index (Phi) is 5.51. The second kappa shape index (κ2) is 7.64. The molecule has 0 spiro atoms.